The van der Waals surface area contributed by atoms with E-state index in [1.54, 1.807) is 4.90 Å². The second kappa shape index (κ2) is 9.77. The summed E-state index contributed by atoms with van der Waals surface area (Å²) in [5.41, 5.74) is 0.175. The van der Waals surface area contributed by atoms with Gasteiger partial charge in [0.25, 0.3) is 5.91 Å². The van der Waals surface area contributed by atoms with Gasteiger partial charge in [-0.3, -0.25) is 4.79 Å². The number of morpholine rings is 1. The van der Waals surface area contributed by atoms with Gasteiger partial charge in [-0.25, -0.2) is 9.59 Å². The molecule has 1 fully saturated rings. The fourth-order valence-corrected chi connectivity index (χ4v) is 2.40. The van der Waals surface area contributed by atoms with Crippen LogP contribution in [0.3, 0.4) is 0 Å². The third kappa shape index (κ3) is 5.58. The van der Waals surface area contributed by atoms with Crippen LogP contribution in [-0.2, 0) is 23.8 Å². The van der Waals surface area contributed by atoms with Gasteiger partial charge >= 0.3 is 11.9 Å². The minimum Gasteiger partial charge on any atom is -0.493 e. The van der Waals surface area contributed by atoms with E-state index < -0.39 is 18.0 Å². The van der Waals surface area contributed by atoms with Gasteiger partial charge in [-0.2, -0.15) is 0 Å². The van der Waals surface area contributed by atoms with Gasteiger partial charge in [0.2, 0.25) is 0 Å². The van der Waals surface area contributed by atoms with E-state index in [9.17, 15) is 14.4 Å². The lowest BCUT2D eigenvalue weighted by Gasteiger charge is -2.26. The lowest BCUT2D eigenvalue weighted by atomic mass is 10.2. The molecule has 2 rings (SSSR count). The Kier molecular flexibility index (Phi) is 7.42. The van der Waals surface area contributed by atoms with Gasteiger partial charge in [-0.05, 0) is 25.1 Å². The van der Waals surface area contributed by atoms with Crippen LogP contribution in [0.25, 0.3) is 0 Å². The number of nitrogens with zero attached hydrogens (tertiary/aromatic N) is 1. The third-order valence-electron chi connectivity index (χ3n) is 3.93. The smallest absolute Gasteiger partial charge is 0.346 e. The summed E-state index contributed by atoms with van der Waals surface area (Å²) in [6.07, 6.45) is -1.03. The first kappa shape index (κ1) is 20.5. The number of ether oxygens (including phenoxy) is 5. The van der Waals surface area contributed by atoms with Crippen LogP contribution in [0.1, 0.15) is 17.3 Å². The molecule has 27 heavy (non-hydrogen) atoms. The van der Waals surface area contributed by atoms with Crippen LogP contribution in [0, 0.1) is 0 Å². The summed E-state index contributed by atoms with van der Waals surface area (Å²) in [7, 11) is 2.62. The molecule has 1 aliphatic heterocycles. The number of hydrogen-bond donors (Lipinski definition) is 0. The quantitative estimate of drug-likeness (QED) is 0.635. The van der Waals surface area contributed by atoms with E-state index in [0.717, 1.165) is 0 Å². The number of amides is 1. The molecule has 1 atom stereocenters. The van der Waals surface area contributed by atoms with Crippen LogP contribution >= 0.6 is 0 Å². The second-order valence-electron chi connectivity index (χ2n) is 5.72. The predicted octanol–water partition coefficient (Wildman–Crippen LogP) is 0.651. The molecule has 0 saturated carbocycles. The maximum absolute atomic E-state index is 12.1. The Hall–Kier alpha value is -2.81. The van der Waals surface area contributed by atoms with Gasteiger partial charge in [-0.1, -0.05) is 0 Å². The zero-order valence-electron chi connectivity index (χ0n) is 15.6. The summed E-state index contributed by atoms with van der Waals surface area (Å²) in [5, 5.41) is 0. The number of esters is 2. The standard InChI is InChI=1S/C18H23NO8/c1-12(17(21)24-3)27-18(22)13-4-5-14(15(10-13)23-2)26-11-16(20)19-6-8-25-9-7-19/h4-5,10,12H,6-9,11H2,1-3H3. The Morgan fingerprint density at radius 1 is 1.15 bits per heavy atom. The largest absolute Gasteiger partial charge is 0.493 e. The number of carbonyl (C=O) groups is 3. The molecule has 1 unspecified atom stereocenters. The normalized spacial score (nSPS) is 14.9. The van der Waals surface area contributed by atoms with E-state index in [1.165, 1.54) is 39.3 Å². The molecule has 1 aliphatic rings. The van der Waals surface area contributed by atoms with Crippen molar-refractivity contribution < 1.29 is 38.1 Å². The van der Waals surface area contributed by atoms with Crippen molar-refractivity contribution in [2.75, 3.05) is 47.1 Å². The molecule has 0 aromatic heterocycles. The minimum atomic E-state index is -1.03. The lowest BCUT2D eigenvalue weighted by molar-refractivity contribution is -0.149. The molecule has 148 valence electrons. The predicted molar refractivity (Wildman–Crippen MR) is 92.8 cm³/mol. The average Bonchev–Trinajstić information content (AvgIpc) is 2.71. The summed E-state index contributed by atoms with van der Waals surface area (Å²) in [4.78, 5) is 37.3. The topological polar surface area (TPSA) is 101 Å². The molecule has 0 spiro atoms. The van der Waals surface area contributed by atoms with Crippen LogP contribution in [0.4, 0.5) is 0 Å². The number of carbonyl (C=O) groups excluding carboxylic acids is 3. The fourth-order valence-electron chi connectivity index (χ4n) is 2.40. The molecule has 1 aromatic rings. The molecule has 0 aliphatic carbocycles. The number of rotatable bonds is 7. The van der Waals surface area contributed by atoms with Crippen molar-refractivity contribution in [3.8, 4) is 11.5 Å². The Bertz CT molecular complexity index is 684. The monoisotopic (exact) mass is 381 g/mol. The van der Waals surface area contributed by atoms with E-state index >= 15 is 0 Å². The highest BCUT2D eigenvalue weighted by Crippen LogP contribution is 2.28. The van der Waals surface area contributed by atoms with Crippen LogP contribution in [0.15, 0.2) is 18.2 Å². The lowest BCUT2D eigenvalue weighted by Crippen LogP contribution is -2.43. The van der Waals surface area contributed by atoms with Crippen molar-refractivity contribution in [1.29, 1.82) is 0 Å². The van der Waals surface area contributed by atoms with Crippen molar-refractivity contribution in [2.45, 2.75) is 13.0 Å². The van der Waals surface area contributed by atoms with Crippen molar-refractivity contribution >= 4 is 17.8 Å². The van der Waals surface area contributed by atoms with Gasteiger partial charge in [0.15, 0.2) is 24.2 Å². The maximum atomic E-state index is 12.1. The van der Waals surface area contributed by atoms with Gasteiger partial charge in [0, 0.05) is 13.1 Å². The van der Waals surface area contributed by atoms with Crippen LogP contribution in [-0.4, -0.2) is 76.0 Å². The molecular formula is C18H23NO8. The van der Waals surface area contributed by atoms with E-state index in [0.29, 0.717) is 32.1 Å². The molecule has 0 N–H and O–H groups in total. The summed E-state index contributed by atoms with van der Waals surface area (Å²) in [6, 6.07) is 4.38. The van der Waals surface area contributed by atoms with Gasteiger partial charge in [0.05, 0.1) is 33.0 Å². The zero-order valence-corrected chi connectivity index (χ0v) is 15.6. The molecule has 0 radical (unpaired) electrons. The minimum absolute atomic E-state index is 0.153. The van der Waals surface area contributed by atoms with E-state index in [2.05, 4.69) is 4.74 Å². The molecular weight excluding hydrogens is 358 g/mol. The zero-order chi connectivity index (χ0) is 19.8. The Balaban J connectivity index is 1.99. The molecule has 1 saturated heterocycles. The number of hydrogen-bond acceptors (Lipinski definition) is 8. The summed E-state index contributed by atoms with van der Waals surface area (Å²) in [6.45, 7) is 3.34. The fraction of sp³-hybridized carbons (Fsp3) is 0.500. The summed E-state index contributed by atoms with van der Waals surface area (Å²) < 4.78 is 25.5. The first-order chi connectivity index (χ1) is 13.0. The Labute approximate surface area is 157 Å². The van der Waals surface area contributed by atoms with Crippen molar-refractivity contribution in [2.24, 2.45) is 0 Å². The molecule has 1 heterocycles. The maximum Gasteiger partial charge on any atom is 0.346 e. The number of methoxy groups -OCH3 is 2. The van der Waals surface area contributed by atoms with Gasteiger partial charge < -0.3 is 28.6 Å². The first-order valence-corrected chi connectivity index (χ1v) is 8.41. The summed E-state index contributed by atoms with van der Waals surface area (Å²) in [5.74, 6) is -0.934. The first-order valence-electron chi connectivity index (χ1n) is 8.41. The SMILES string of the molecule is COC(=O)C(C)OC(=O)c1ccc(OCC(=O)N2CCOCC2)c(OC)c1. The van der Waals surface area contributed by atoms with Gasteiger partial charge in [0.1, 0.15) is 0 Å². The Morgan fingerprint density at radius 2 is 1.85 bits per heavy atom. The highest BCUT2D eigenvalue weighted by Gasteiger charge is 2.21. The van der Waals surface area contributed by atoms with Crippen molar-refractivity contribution in [3.63, 3.8) is 0 Å². The van der Waals surface area contributed by atoms with Crippen LogP contribution in [0.5, 0.6) is 11.5 Å². The van der Waals surface area contributed by atoms with E-state index in [1.807, 2.05) is 0 Å². The molecule has 9 nitrogen and oxygen atoms in total. The van der Waals surface area contributed by atoms with Crippen molar-refractivity contribution in [3.05, 3.63) is 23.8 Å². The molecule has 1 amide bonds. The van der Waals surface area contributed by atoms with Gasteiger partial charge in [-0.15, -0.1) is 0 Å². The molecule has 0 bridgehead atoms. The second-order valence-corrected chi connectivity index (χ2v) is 5.72. The highest BCUT2D eigenvalue weighted by atomic mass is 16.6. The Morgan fingerprint density at radius 3 is 2.48 bits per heavy atom. The molecule has 9 heteroatoms. The third-order valence-corrected chi connectivity index (χ3v) is 3.93. The average molecular weight is 381 g/mol. The van der Waals surface area contributed by atoms with Crippen LogP contribution < -0.4 is 9.47 Å². The van der Waals surface area contributed by atoms with E-state index in [-0.39, 0.29) is 23.8 Å². The van der Waals surface area contributed by atoms with Crippen LogP contribution in [0.2, 0.25) is 0 Å². The van der Waals surface area contributed by atoms with Crippen molar-refractivity contribution in [1.82, 2.24) is 4.90 Å². The summed E-state index contributed by atoms with van der Waals surface area (Å²) >= 11 is 0. The molecule has 1 aromatic carbocycles. The van der Waals surface area contributed by atoms with E-state index in [4.69, 9.17) is 18.9 Å². The highest BCUT2D eigenvalue weighted by molar-refractivity contribution is 5.92. The number of benzene rings is 1.